The van der Waals surface area contributed by atoms with Gasteiger partial charge in [0, 0.05) is 49.4 Å². The molecule has 2 aromatic heterocycles. The molecule has 1 aliphatic rings. The van der Waals surface area contributed by atoms with Crippen LogP contribution in [0.4, 0.5) is 0 Å². The first-order valence-corrected chi connectivity index (χ1v) is 9.89. The Hall–Kier alpha value is -1.95. The van der Waals surface area contributed by atoms with Crippen LogP contribution in [0.15, 0.2) is 6.07 Å². The molecule has 1 atom stereocenters. The molecular formula is C20H31N5O. The number of piperidine rings is 1. The quantitative estimate of drug-likeness (QED) is 0.863. The number of nitrogens with one attached hydrogen (secondary N) is 1. The van der Waals surface area contributed by atoms with Crippen LogP contribution in [-0.2, 0) is 11.2 Å². The van der Waals surface area contributed by atoms with Crippen molar-refractivity contribution in [3.63, 3.8) is 0 Å². The van der Waals surface area contributed by atoms with Crippen molar-refractivity contribution in [1.29, 1.82) is 0 Å². The molecule has 3 heterocycles. The van der Waals surface area contributed by atoms with Crippen molar-refractivity contribution in [3.05, 3.63) is 28.7 Å². The highest BCUT2D eigenvalue weighted by Crippen LogP contribution is 2.25. The molecule has 6 nitrogen and oxygen atoms in total. The second-order valence-corrected chi connectivity index (χ2v) is 7.21. The molecule has 1 unspecified atom stereocenters. The Morgan fingerprint density at radius 1 is 1.35 bits per heavy atom. The molecule has 6 heteroatoms. The Kier molecular flexibility index (Phi) is 5.91. The van der Waals surface area contributed by atoms with E-state index in [0.29, 0.717) is 12.3 Å². The van der Waals surface area contributed by atoms with Gasteiger partial charge >= 0.3 is 0 Å². The summed E-state index contributed by atoms with van der Waals surface area (Å²) in [4.78, 5) is 19.0. The third-order valence-electron chi connectivity index (χ3n) is 5.60. The first kappa shape index (κ1) is 18.8. The maximum atomic E-state index is 12.4. The molecule has 0 spiro atoms. The highest BCUT2D eigenvalue weighted by Gasteiger charge is 2.20. The van der Waals surface area contributed by atoms with Crippen LogP contribution in [0.5, 0.6) is 0 Å². The van der Waals surface area contributed by atoms with Crippen LogP contribution in [0, 0.1) is 13.8 Å². The first-order chi connectivity index (χ1) is 12.5. The fourth-order valence-corrected chi connectivity index (χ4v) is 3.98. The Balaban J connectivity index is 1.83. The van der Waals surface area contributed by atoms with E-state index in [9.17, 15) is 4.79 Å². The van der Waals surface area contributed by atoms with Crippen molar-refractivity contribution in [2.75, 3.05) is 26.2 Å². The van der Waals surface area contributed by atoms with Crippen LogP contribution in [-0.4, -0.2) is 51.6 Å². The van der Waals surface area contributed by atoms with Gasteiger partial charge in [-0.3, -0.25) is 4.79 Å². The molecule has 26 heavy (non-hydrogen) atoms. The van der Waals surface area contributed by atoms with E-state index in [0.717, 1.165) is 60.9 Å². The van der Waals surface area contributed by atoms with E-state index in [1.165, 1.54) is 12.8 Å². The third kappa shape index (κ3) is 3.75. The van der Waals surface area contributed by atoms with Gasteiger partial charge in [0.05, 0.1) is 5.69 Å². The predicted octanol–water partition coefficient (Wildman–Crippen LogP) is 2.61. The molecule has 1 fully saturated rings. The average molecular weight is 358 g/mol. The summed E-state index contributed by atoms with van der Waals surface area (Å²) in [6.07, 6.45) is 3.62. The smallest absolute Gasteiger partial charge is 0.222 e. The topological polar surface area (TPSA) is 62.5 Å². The number of aromatic nitrogens is 3. The molecular weight excluding hydrogens is 326 g/mol. The average Bonchev–Trinajstić information content (AvgIpc) is 3.07. The van der Waals surface area contributed by atoms with Gasteiger partial charge in [0.2, 0.25) is 5.91 Å². The summed E-state index contributed by atoms with van der Waals surface area (Å²) in [7, 11) is 0. The highest BCUT2D eigenvalue weighted by atomic mass is 16.2. The molecule has 0 radical (unpaired) electrons. The zero-order valence-electron chi connectivity index (χ0n) is 16.5. The molecule has 3 rings (SSSR count). The molecule has 1 N–H and O–H groups in total. The maximum Gasteiger partial charge on any atom is 0.222 e. The predicted molar refractivity (Wildman–Crippen MR) is 104 cm³/mol. The lowest BCUT2D eigenvalue weighted by molar-refractivity contribution is -0.130. The SMILES string of the molecule is CCN(CC)C(=O)CCc1c(C)nc2cc(C3CCCNC3)nn2c1C. The van der Waals surface area contributed by atoms with Crippen LogP contribution in [0.25, 0.3) is 5.65 Å². The number of hydrogen-bond acceptors (Lipinski definition) is 4. The van der Waals surface area contributed by atoms with Gasteiger partial charge in [-0.25, -0.2) is 9.50 Å². The van der Waals surface area contributed by atoms with Crippen molar-refractivity contribution < 1.29 is 4.79 Å². The number of carbonyl (C=O) groups is 1. The number of hydrogen-bond donors (Lipinski definition) is 1. The summed E-state index contributed by atoms with van der Waals surface area (Å²) < 4.78 is 1.97. The molecule has 1 saturated heterocycles. The van der Waals surface area contributed by atoms with E-state index in [1.807, 2.05) is 30.2 Å². The van der Waals surface area contributed by atoms with E-state index in [4.69, 9.17) is 10.1 Å². The monoisotopic (exact) mass is 357 g/mol. The van der Waals surface area contributed by atoms with E-state index in [-0.39, 0.29) is 5.91 Å². The van der Waals surface area contributed by atoms with Gasteiger partial charge in [0.15, 0.2) is 5.65 Å². The third-order valence-corrected chi connectivity index (χ3v) is 5.60. The van der Waals surface area contributed by atoms with Crippen LogP contribution in [0.1, 0.15) is 61.7 Å². The standard InChI is InChI=1S/C20H31N5O/c1-5-24(6-2)20(26)10-9-17-14(3)22-19-12-18(23-25(19)15(17)4)16-8-7-11-21-13-16/h12,16,21H,5-11,13H2,1-4H3. The van der Waals surface area contributed by atoms with E-state index >= 15 is 0 Å². The summed E-state index contributed by atoms with van der Waals surface area (Å²) in [5.41, 5.74) is 5.31. The fourth-order valence-electron chi connectivity index (χ4n) is 3.98. The lowest BCUT2D eigenvalue weighted by atomic mass is 9.96. The summed E-state index contributed by atoms with van der Waals surface area (Å²) in [6, 6.07) is 2.13. The first-order valence-electron chi connectivity index (χ1n) is 9.89. The van der Waals surface area contributed by atoms with Gasteiger partial charge in [0.25, 0.3) is 0 Å². The summed E-state index contributed by atoms with van der Waals surface area (Å²) in [5.74, 6) is 0.682. The second kappa shape index (κ2) is 8.16. The van der Waals surface area contributed by atoms with Gasteiger partial charge in [-0.15, -0.1) is 0 Å². The Labute approximate surface area is 156 Å². The number of fused-ring (bicyclic) bond motifs is 1. The zero-order valence-corrected chi connectivity index (χ0v) is 16.5. The molecule has 142 valence electrons. The molecule has 0 aromatic carbocycles. The molecule has 2 aromatic rings. The molecule has 0 saturated carbocycles. The summed E-state index contributed by atoms with van der Waals surface area (Å²) in [6.45, 7) is 11.8. The van der Waals surface area contributed by atoms with Crippen LogP contribution < -0.4 is 5.32 Å². The largest absolute Gasteiger partial charge is 0.343 e. The minimum absolute atomic E-state index is 0.211. The van der Waals surface area contributed by atoms with Crippen LogP contribution in [0.3, 0.4) is 0 Å². The maximum absolute atomic E-state index is 12.4. The second-order valence-electron chi connectivity index (χ2n) is 7.21. The van der Waals surface area contributed by atoms with Crippen molar-refractivity contribution >= 4 is 11.6 Å². The van der Waals surface area contributed by atoms with E-state index in [1.54, 1.807) is 0 Å². The normalized spacial score (nSPS) is 17.6. The van der Waals surface area contributed by atoms with Gasteiger partial charge in [-0.05, 0) is 59.1 Å². The van der Waals surface area contributed by atoms with Gasteiger partial charge in [-0.2, -0.15) is 5.10 Å². The summed E-state index contributed by atoms with van der Waals surface area (Å²) >= 11 is 0. The van der Waals surface area contributed by atoms with Crippen LogP contribution >= 0.6 is 0 Å². The van der Waals surface area contributed by atoms with Crippen molar-refractivity contribution in [2.24, 2.45) is 0 Å². The number of aryl methyl sites for hydroxylation is 2. The minimum atomic E-state index is 0.211. The molecule has 0 aliphatic carbocycles. The van der Waals surface area contributed by atoms with Crippen molar-refractivity contribution in [3.8, 4) is 0 Å². The van der Waals surface area contributed by atoms with Crippen molar-refractivity contribution in [1.82, 2.24) is 24.8 Å². The van der Waals surface area contributed by atoms with E-state index in [2.05, 4.69) is 18.3 Å². The lowest BCUT2D eigenvalue weighted by Gasteiger charge is -2.20. The Morgan fingerprint density at radius 2 is 2.12 bits per heavy atom. The van der Waals surface area contributed by atoms with E-state index < -0.39 is 0 Å². The van der Waals surface area contributed by atoms with Gasteiger partial charge in [0.1, 0.15) is 0 Å². The van der Waals surface area contributed by atoms with Gasteiger partial charge < -0.3 is 10.2 Å². The Bertz CT molecular complexity index is 772. The zero-order chi connectivity index (χ0) is 18.7. The van der Waals surface area contributed by atoms with Crippen LogP contribution in [0.2, 0.25) is 0 Å². The molecule has 1 aliphatic heterocycles. The lowest BCUT2D eigenvalue weighted by Crippen LogP contribution is -2.30. The Morgan fingerprint density at radius 3 is 2.77 bits per heavy atom. The highest BCUT2D eigenvalue weighted by molar-refractivity contribution is 5.76. The number of rotatable bonds is 6. The van der Waals surface area contributed by atoms with Crippen molar-refractivity contribution in [2.45, 2.75) is 59.3 Å². The number of nitrogens with zero attached hydrogens (tertiary/aromatic N) is 4. The fraction of sp³-hybridized carbons (Fsp3) is 0.650. The van der Waals surface area contributed by atoms with Gasteiger partial charge in [-0.1, -0.05) is 0 Å². The summed E-state index contributed by atoms with van der Waals surface area (Å²) in [5, 5.41) is 8.31. The molecule has 0 bridgehead atoms. The minimum Gasteiger partial charge on any atom is -0.343 e. The molecule has 1 amide bonds. The number of carbonyl (C=O) groups excluding carboxylic acids is 1. The number of amides is 1.